The van der Waals surface area contributed by atoms with Gasteiger partial charge in [-0.15, -0.1) is 0 Å². The molecule has 0 saturated carbocycles. The minimum Gasteiger partial charge on any atom is -0.505 e. The van der Waals surface area contributed by atoms with E-state index in [-0.39, 0.29) is 35.2 Å². The maximum absolute atomic E-state index is 14.4. The molecule has 0 unspecified atom stereocenters. The van der Waals surface area contributed by atoms with Gasteiger partial charge in [0.15, 0.2) is 11.6 Å². The molecule has 0 radical (unpaired) electrons. The lowest BCUT2D eigenvalue weighted by atomic mass is 10.0. The predicted molar refractivity (Wildman–Crippen MR) is 97.6 cm³/mol. The lowest BCUT2D eigenvalue weighted by Crippen LogP contribution is -2.13. The number of H-pyrrole nitrogens is 1. The second-order valence-electron chi connectivity index (χ2n) is 6.63. The van der Waals surface area contributed by atoms with E-state index in [0.29, 0.717) is 5.69 Å². The zero-order valence-corrected chi connectivity index (χ0v) is 15.3. The summed E-state index contributed by atoms with van der Waals surface area (Å²) in [5, 5.41) is 10.3. The Bertz CT molecular complexity index is 998. The van der Waals surface area contributed by atoms with Gasteiger partial charge in [-0.05, 0) is 26.6 Å². The highest BCUT2D eigenvalue weighted by molar-refractivity contribution is 6.07. The summed E-state index contributed by atoms with van der Waals surface area (Å²) in [4.78, 5) is 17.1. The number of rotatable bonds is 5. The summed E-state index contributed by atoms with van der Waals surface area (Å²) < 4.78 is 33.8. The van der Waals surface area contributed by atoms with Gasteiger partial charge in [0.1, 0.15) is 6.61 Å². The highest BCUT2D eigenvalue weighted by Gasteiger charge is 2.28. The molecule has 3 aromatic rings. The third-order valence-corrected chi connectivity index (χ3v) is 4.29. The van der Waals surface area contributed by atoms with Gasteiger partial charge >= 0.3 is 5.97 Å². The lowest BCUT2D eigenvalue weighted by Gasteiger charge is -2.15. The number of phenolic OH excluding ortho intramolecular Hbond substituents is 1. The summed E-state index contributed by atoms with van der Waals surface area (Å²) in [5.74, 6) is -4.04. The fraction of sp³-hybridized carbons (Fsp3) is 0.250. The molecule has 0 spiro atoms. The first-order valence-corrected chi connectivity index (χ1v) is 8.38. The molecule has 0 amide bonds. The highest BCUT2D eigenvalue weighted by atomic mass is 19.2. The van der Waals surface area contributed by atoms with Gasteiger partial charge in [-0.1, -0.05) is 30.3 Å². The van der Waals surface area contributed by atoms with Crippen LogP contribution >= 0.6 is 0 Å². The number of phenols is 1. The van der Waals surface area contributed by atoms with Crippen LogP contribution in [0.3, 0.4) is 0 Å². The maximum atomic E-state index is 14.4. The molecule has 2 N–H and O–H groups in total. The van der Waals surface area contributed by atoms with E-state index in [0.717, 1.165) is 5.56 Å². The topological polar surface area (TPSA) is 65.6 Å². The molecule has 0 fully saturated rings. The first-order valence-electron chi connectivity index (χ1n) is 8.38. The van der Waals surface area contributed by atoms with Crippen LogP contribution in [0.2, 0.25) is 0 Å². The second kappa shape index (κ2) is 7.36. The van der Waals surface area contributed by atoms with Crippen molar-refractivity contribution in [2.24, 2.45) is 0 Å². The number of esters is 1. The Morgan fingerprint density at radius 1 is 1.19 bits per heavy atom. The first-order chi connectivity index (χ1) is 12.8. The van der Waals surface area contributed by atoms with Gasteiger partial charge in [-0.2, -0.15) is 4.39 Å². The molecule has 0 bridgehead atoms. The molecule has 0 aliphatic rings. The normalized spacial score (nSPS) is 11.3. The van der Waals surface area contributed by atoms with E-state index < -0.39 is 23.4 Å². The van der Waals surface area contributed by atoms with E-state index in [4.69, 9.17) is 4.74 Å². The molecule has 5 nitrogen and oxygen atoms in total. The number of ether oxygens (including phenoxy) is 1. The number of hydrogen-bond acceptors (Lipinski definition) is 4. The first kappa shape index (κ1) is 18.8. The third-order valence-electron chi connectivity index (χ3n) is 4.29. The zero-order chi connectivity index (χ0) is 19.7. The van der Waals surface area contributed by atoms with Gasteiger partial charge in [0.2, 0.25) is 5.82 Å². The molecule has 7 heteroatoms. The fourth-order valence-electron chi connectivity index (χ4n) is 3.08. The van der Waals surface area contributed by atoms with E-state index in [1.165, 1.54) is 0 Å². The number of carbonyl (C=O) groups is 1. The number of hydrogen-bond donors (Lipinski definition) is 2. The Kier molecular flexibility index (Phi) is 5.14. The van der Waals surface area contributed by atoms with Crippen molar-refractivity contribution in [2.75, 3.05) is 14.1 Å². The minimum absolute atomic E-state index is 0.0461. The van der Waals surface area contributed by atoms with Gasteiger partial charge in [0, 0.05) is 23.2 Å². The summed E-state index contributed by atoms with van der Waals surface area (Å²) in [5.41, 5.74) is 1.20. The van der Waals surface area contributed by atoms with Crippen LogP contribution in [-0.4, -0.2) is 35.1 Å². The van der Waals surface area contributed by atoms with Crippen molar-refractivity contribution in [3.63, 3.8) is 0 Å². The van der Waals surface area contributed by atoms with Crippen LogP contribution in [0.4, 0.5) is 8.78 Å². The number of nitrogens with one attached hydrogen (secondary N) is 1. The molecule has 0 saturated heterocycles. The summed E-state index contributed by atoms with van der Waals surface area (Å²) in [6.45, 7) is 1.74. The van der Waals surface area contributed by atoms with Gasteiger partial charge in [0.25, 0.3) is 0 Å². The molecule has 0 aliphatic heterocycles. The van der Waals surface area contributed by atoms with Crippen molar-refractivity contribution < 1.29 is 23.4 Å². The van der Waals surface area contributed by atoms with Crippen LogP contribution in [0.5, 0.6) is 5.75 Å². The van der Waals surface area contributed by atoms with Crippen LogP contribution in [0, 0.1) is 18.6 Å². The standard InChI is InChI=1S/C20H20F2N2O3/c1-11-14(20(26)27-10-12-7-5-4-6-8-12)15-13(9-24(2)3)19(25)17(22)16(21)18(15)23-11/h4-8,23,25H,9-10H2,1-3H3. The van der Waals surface area contributed by atoms with Gasteiger partial charge in [-0.3, -0.25) is 0 Å². The summed E-state index contributed by atoms with van der Waals surface area (Å²) in [6.07, 6.45) is 0. The molecule has 0 atom stereocenters. The molecule has 3 rings (SSSR count). The molecule has 142 valence electrons. The van der Waals surface area contributed by atoms with Crippen molar-refractivity contribution in [3.05, 3.63) is 64.4 Å². The number of aromatic hydroxyl groups is 1. The van der Waals surface area contributed by atoms with E-state index in [9.17, 15) is 18.7 Å². The van der Waals surface area contributed by atoms with Crippen LogP contribution in [0.1, 0.15) is 27.2 Å². The van der Waals surface area contributed by atoms with E-state index in [1.807, 2.05) is 30.3 Å². The predicted octanol–water partition coefficient (Wildman–Crippen LogP) is 3.88. The lowest BCUT2D eigenvalue weighted by molar-refractivity contribution is 0.0474. The maximum Gasteiger partial charge on any atom is 0.340 e. The Labute approximate surface area is 155 Å². The van der Waals surface area contributed by atoms with Gasteiger partial charge in [0.05, 0.1) is 11.1 Å². The SMILES string of the molecule is Cc1[nH]c2c(F)c(F)c(O)c(CN(C)C)c2c1C(=O)OCc1ccccc1. The third kappa shape index (κ3) is 3.50. The van der Waals surface area contributed by atoms with Gasteiger partial charge in [-0.25, -0.2) is 9.18 Å². The van der Waals surface area contributed by atoms with E-state index >= 15 is 0 Å². The highest BCUT2D eigenvalue weighted by Crippen LogP contribution is 2.37. The summed E-state index contributed by atoms with van der Waals surface area (Å²) >= 11 is 0. The van der Waals surface area contributed by atoms with Crippen LogP contribution in [0.25, 0.3) is 10.9 Å². The number of halogens is 2. The number of benzene rings is 2. The largest absolute Gasteiger partial charge is 0.505 e. The van der Waals surface area contributed by atoms with Crippen LogP contribution < -0.4 is 0 Å². The number of fused-ring (bicyclic) bond motifs is 1. The monoisotopic (exact) mass is 374 g/mol. The summed E-state index contributed by atoms with van der Waals surface area (Å²) in [6, 6.07) is 9.13. The number of nitrogens with zero attached hydrogens (tertiary/aromatic N) is 1. The molecular formula is C20H20F2N2O3. The zero-order valence-electron chi connectivity index (χ0n) is 15.3. The Morgan fingerprint density at radius 3 is 2.48 bits per heavy atom. The Hall–Kier alpha value is -2.93. The molecule has 27 heavy (non-hydrogen) atoms. The molecule has 2 aromatic carbocycles. The molecule has 1 heterocycles. The average Bonchev–Trinajstić information content (AvgIpc) is 2.99. The van der Waals surface area contributed by atoms with E-state index in [2.05, 4.69) is 4.98 Å². The molecule has 0 aliphatic carbocycles. The smallest absolute Gasteiger partial charge is 0.340 e. The minimum atomic E-state index is -1.34. The number of aromatic nitrogens is 1. The number of aryl methyl sites for hydroxylation is 1. The number of aromatic amines is 1. The van der Waals surface area contributed by atoms with Crippen molar-refractivity contribution >= 4 is 16.9 Å². The Balaban J connectivity index is 2.09. The van der Waals surface area contributed by atoms with Crippen molar-refractivity contribution in [3.8, 4) is 5.75 Å². The van der Waals surface area contributed by atoms with Crippen molar-refractivity contribution in [1.82, 2.24) is 9.88 Å². The van der Waals surface area contributed by atoms with E-state index in [1.54, 1.807) is 25.9 Å². The Morgan fingerprint density at radius 2 is 1.85 bits per heavy atom. The summed E-state index contributed by atoms with van der Waals surface area (Å²) in [7, 11) is 3.44. The van der Waals surface area contributed by atoms with Crippen molar-refractivity contribution in [1.29, 1.82) is 0 Å². The molecular weight excluding hydrogens is 354 g/mol. The fourth-order valence-corrected chi connectivity index (χ4v) is 3.08. The second-order valence-corrected chi connectivity index (χ2v) is 6.63. The van der Waals surface area contributed by atoms with Crippen LogP contribution in [-0.2, 0) is 17.9 Å². The molecule has 1 aromatic heterocycles. The quantitative estimate of drug-likeness (QED) is 0.665. The van der Waals surface area contributed by atoms with Crippen molar-refractivity contribution in [2.45, 2.75) is 20.1 Å². The number of carbonyl (C=O) groups excluding carboxylic acids is 1. The average molecular weight is 374 g/mol. The van der Waals surface area contributed by atoms with Gasteiger partial charge < -0.3 is 19.7 Å². The van der Waals surface area contributed by atoms with Crippen LogP contribution in [0.15, 0.2) is 30.3 Å².